The van der Waals surface area contributed by atoms with Crippen molar-refractivity contribution in [2.24, 2.45) is 5.92 Å². The second-order valence-corrected chi connectivity index (χ2v) is 5.36. The SMILES string of the molecule is CCOC(C(C)C)C(O)Cc1csc(C)n1. The number of aliphatic hydroxyl groups is 1. The van der Waals surface area contributed by atoms with Crippen LogP contribution in [0, 0.1) is 12.8 Å². The minimum absolute atomic E-state index is 0.105. The Morgan fingerprint density at radius 3 is 2.62 bits per heavy atom. The molecule has 1 rings (SSSR count). The van der Waals surface area contributed by atoms with Crippen LogP contribution < -0.4 is 0 Å². The molecule has 1 N–H and O–H groups in total. The Labute approximate surface area is 101 Å². The summed E-state index contributed by atoms with van der Waals surface area (Å²) in [6, 6.07) is 0. The molecule has 2 unspecified atom stereocenters. The van der Waals surface area contributed by atoms with Crippen molar-refractivity contribution in [2.45, 2.75) is 46.3 Å². The van der Waals surface area contributed by atoms with Crippen LogP contribution in [0.4, 0.5) is 0 Å². The van der Waals surface area contributed by atoms with Crippen molar-refractivity contribution >= 4 is 11.3 Å². The summed E-state index contributed by atoms with van der Waals surface area (Å²) in [5.41, 5.74) is 0.959. The van der Waals surface area contributed by atoms with Gasteiger partial charge in [-0.1, -0.05) is 13.8 Å². The molecule has 4 heteroatoms. The number of rotatable bonds is 6. The molecule has 0 aliphatic rings. The monoisotopic (exact) mass is 243 g/mol. The molecule has 1 aromatic rings. The number of ether oxygens (including phenoxy) is 1. The van der Waals surface area contributed by atoms with Gasteiger partial charge in [0.05, 0.1) is 22.9 Å². The first-order valence-electron chi connectivity index (χ1n) is 5.75. The van der Waals surface area contributed by atoms with Gasteiger partial charge < -0.3 is 9.84 Å². The minimum Gasteiger partial charge on any atom is -0.390 e. The number of nitrogens with zero attached hydrogens (tertiary/aromatic N) is 1. The fourth-order valence-electron chi connectivity index (χ4n) is 1.77. The van der Waals surface area contributed by atoms with E-state index in [2.05, 4.69) is 18.8 Å². The Hall–Kier alpha value is -0.450. The van der Waals surface area contributed by atoms with Gasteiger partial charge in [-0.3, -0.25) is 0 Å². The molecule has 0 fully saturated rings. The molecule has 0 amide bonds. The van der Waals surface area contributed by atoms with E-state index in [9.17, 15) is 5.11 Å². The van der Waals surface area contributed by atoms with Crippen molar-refractivity contribution < 1.29 is 9.84 Å². The number of aryl methyl sites for hydroxylation is 1. The highest BCUT2D eigenvalue weighted by atomic mass is 32.1. The highest BCUT2D eigenvalue weighted by Crippen LogP contribution is 2.17. The Morgan fingerprint density at radius 1 is 1.50 bits per heavy atom. The van der Waals surface area contributed by atoms with Gasteiger partial charge in [0.2, 0.25) is 0 Å². The molecule has 0 aliphatic carbocycles. The molecule has 0 saturated carbocycles. The maximum Gasteiger partial charge on any atom is 0.0897 e. The average Bonchev–Trinajstić information content (AvgIpc) is 2.59. The predicted molar refractivity (Wildman–Crippen MR) is 66.8 cm³/mol. The first-order chi connectivity index (χ1) is 7.54. The molecule has 0 saturated heterocycles. The molecule has 3 nitrogen and oxygen atoms in total. The summed E-state index contributed by atoms with van der Waals surface area (Å²) in [5.74, 6) is 0.315. The van der Waals surface area contributed by atoms with E-state index in [4.69, 9.17) is 4.74 Å². The molecule has 16 heavy (non-hydrogen) atoms. The van der Waals surface area contributed by atoms with E-state index >= 15 is 0 Å². The van der Waals surface area contributed by atoms with Gasteiger partial charge in [-0.05, 0) is 19.8 Å². The normalized spacial score (nSPS) is 15.4. The Kier molecular flexibility index (Phi) is 5.38. The lowest BCUT2D eigenvalue weighted by Crippen LogP contribution is -2.35. The van der Waals surface area contributed by atoms with Crippen LogP contribution in [0.25, 0.3) is 0 Å². The van der Waals surface area contributed by atoms with Crippen molar-refractivity contribution in [1.82, 2.24) is 4.98 Å². The van der Waals surface area contributed by atoms with Gasteiger partial charge >= 0.3 is 0 Å². The van der Waals surface area contributed by atoms with E-state index in [1.54, 1.807) is 11.3 Å². The fraction of sp³-hybridized carbons (Fsp3) is 0.750. The summed E-state index contributed by atoms with van der Waals surface area (Å²) >= 11 is 1.62. The molecule has 92 valence electrons. The molecule has 0 bridgehead atoms. The second-order valence-electron chi connectivity index (χ2n) is 4.29. The molecule has 2 atom stereocenters. The zero-order valence-electron chi connectivity index (χ0n) is 10.4. The Bertz CT molecular complexity index is 312. The van der Waals surface area contributed by atoms with Crippen molar-refractivity contribution in [3.05, 3.63) is 16.1 Å². The number of hydrogen-bond acceptors (Lipinski definition) is 4. The Balaban J connectivity index is 2.57. The van der Waals surface area contributed by atoms with E-state index in [0.29, 0.717) is 18.9 Å². The van der Waals surface area contributed by atoms with Gasteiger partial charge in [-0.2, -0.15) is 0 Å². The van der Waals surface area contributed by atoms with Gasteiger partial charge in [0, 0.05) is 18.4 Å². The quantitative estimate of drug-likeness (QED) is 0.834. The van der Waals surface area contributed by atoms with Crippen LogP contribution in [0.2, 0.25) is 0 Å². The molecule has 1 aromatic heterocycles. The predicted octanol–water partition coefficient (Wildman–Crippen LogP) is 2.42. The highest BCUT2D eigenvalue weighted by Gasteiger charge is 2.23. The Morgan fingerprint density at radius 2 is 2.19 bits per heavy atom. The maximum absolute atomic E-state index is 10.1. The lowest BCUT2D eigenvalue weighted by atomic mass is 9.98. The van der Waals surface area contributed by atoms with E-state index in [0.717, 1.165) is 10.7 Å². The van der Waals surface area contributed by atoms with Crippen LogP contribution in [-0.4, -0.2) is 28.9 Å². The summed E-state index contributed by atoms with van der Waals surface area (Å²) in [6.07, 6.45) is 0.00107. The van der Waals surface area contributed by atoms with E-state index in [1.807, 2.05) is 19.2 Å². The first kappa shape index (κ1) is 13.6. The third kappa shape index (κ3) is 3.85. The molecule has 0 radical (unpaired) electrons. The third-order valence-electron chi connectivity index (χ3n) is 2.48. The molecule has 0 aromatic carbocycles. The molecular weight excluding hydrogens is 222 g/mol. The van der Waals surface area contributed by atoms with Crippen LogP contribution in [0.5, 0.6) is 0 Å². The van der Waals surface area contributed by atoms with Gasteiger partial charge in [0.25, 0.3) is 0 Å². The number of aliphatic hydroxyl groups excluding tert-OH is 1. The summed E-state index contributed by atoms with van der Waals surface area (Å²) < 4.78 is 5.57. The first-order valence-corrected chi connectivity index (χ1v) is 6.63. The van der Waals surface area contributed by atoms with Gasteiger partial charge in [0.15, 0.2) is 0 Å². The van der Waals surface area contributed by atoms with Gasteiger partial charge in [-0.25, -0.2) is 4.98 Å². The smallest absolute Gasteiger partial charge is 0.0897 e. The van der Waals surface area contributed by atoms with Crippen molar-refractivity contribution in [3.8, 4) is 0 Å². The summed E-state index contributed by atoms with van der Waals surface area (Å²) in [5, 5.41) is 13.2. The van der Waals surface area contributed by atoms with Crippen LogP contribution in [0.1, 0.15) is 31.5 Å². The summed E-state index contributed by atoms with van der Waals surface area (Å²) in [4.78, 5) is 4.36. The minimum atomic E-state index is -0.471. The molecule has 1 heterocycles. The average molecular weight is 243 g/mol. The highest BCUT2D eigenvalue weighted by molar-refractivity contribution is 7.09. The maximum atomic E-state index is 10.1. The fourth-order valence-corrected chi connectivity index (χ4v) is 2.40. The van der Waals surface area contributed by atoms with Crippen molar-refractivity contribution in [2.75, 3.05) is 6.61 Å². The van der Waals surface area contributed by atoms with Crippen LogP contribution >= 0.6 is 11.3 Å². The van der Waals surface area contributed by atoms with Gasteiger partial charge in [0.1, 0.15) is 0 Å². The number of hydrogen-bond donors (Lipinski definition) is 1. The zero-order chi connectivity index (χ0) is 12.1. The van der Waals surface area contributed by atoms with E-state index in [1.165, 1.54) is 0 Å². The van der Waals surface area contributed by atoms with Crippen LogP contribution in [0.3, 0.4) is 0 Å². The number of thiazole rings is 1. The van der Waals surface area contributed by atoms with Gasteiger partial charge in [-0.15, -0.1) is 11.3 Å². The second kappa shape index (κ2) is 6.33. The van der Waals surface area contributed by atoms with E-state index < -0.39 is 6.10 Å². The molecule has 0 aliphatic heterocycles. The lowest BCUT2D eigenvalue weighted by molar-refractivity contribution is -0.0565. The number of aromatic nitrogens is 1. The molecule has 0 spiro atoms. The lowest BCUT2D eigenvalue weighted by Gasteiger charge is -2.25. The van der Waals surface area contributed by atoms with Crippen molar-refractivity contribution in [3.63, 3.8) is 0 Å². The van der Waals surface area contributed by atoms with Crippen molar-refractivity contribution in [1.29, 1.82) is 0 Å². The topological polar surface area (TPSA) is 42.4 Å². The summed E-state index contributed by atoms with van der Waals surface area (Å²) in [6.45, 7) is 8.69. The van der Waals surface area contributed by atoms with E-state index in [-0.39, 0.29) is 6.10 Å². The van der Waals surface area contributed by atoms with Crippen LogP contribution in [0.15, 0.2) is 5.38 Å². The van der Waals surface area contributed by atoms with Crippen LogP contribution in [-0.2, 0) is 11.2 Å². The largest absolute Gasteiger partial charge is 0.390 e. The molecular formula is C12H21NO2S. The standard InChI is InChI=1S/C12H21NO2S/c1-5-15-12(8(2)3)11(14)6-10-7-16-9(4)13-10/h7-8,11-12,14H,5-6H2,1-4H3. The summed E-state index contributed by atoms with van der Waals surface area (Å²) in [7, 11) is 0. The third-order valence-corrected chi connectivity index (χ3v) is 3.30. The zero-order valence-corrected chi connectivity index (χ0v) is 11.3.